The average Bonchev–Trinajstić information content (AvgIpc) is 3.25. The minimum Gasteiger partial charge on any atom is -0.475 e. The third-order valence-electron chi connectivity index (χ3n) is 6.15. The van der Waals surface area contributed by atoms with Crippen molar-refractivity contribution in [3.05, 3.63) is 48.2 Å². The molecule has 0 radical (unpaired) electrons. The molecule has 0 spiro atoms. The van der Waals surface area contributed by atoms with E-state index in [0.717, 1.165) is 43.4 Å². The molecular weight excluding hydrogens is 481 g/mol. The van der Waals surface area contributed by atoms with Crippen molar-refractivity contribution in [2.24, 2.45) is 0 Å². The van der Waals surface area contributed by atoms with E-state index in [2.05, 4.69) is 42.3 Å². The minimum absolute atomic E-state index is 0.0208. The van der Waals surface area contributed by atoms with E-state index in [9.17, 15) is 18.0 Å². The summed E-state index contributed by atoms with van der Waals surface area (Å²) in [6.07, 6.45) is 3.61. The van der Waals surface area contributed by atoms with Gasteiger partial charge in [-0.05, 0) is 44.5 Å². The number of halogens is 3. The van der Waals surface area contributed by atoms with Crippen LogP contribution in [-0.4, -0.2) is 85.3 Å². The Hall–Kier alpha value is -3.81. The van der Waals surface area contributed by atoms with Crippen LogP contribution in [0.4, 0.5) is 19.1 Å². The lowest BCUT2D eigenvalue weighted by atomic mass is 9.93. The number of carboxylic acid groups (broad SMARTS) is 1. The number of likely N-dealkylation sites (N-methyl/N-ethyl adjacent to an activating group) is 1. The van der Waals surface area contributed by atoms with Gasteiger partial charge in [-0.1, -0.05) is 0 Å². The van der Waals surface area contributed by atoms with Crippen molar-refractivity contribution in [3.8, 4) is 0 Å². The van der Waals surface area contributed by atoms with E-state index in [1.165, 1.54) is 6.42 Å². The average molecular weight is 506 g/mol. The fraction of sp³-hybridized carbons (Fsp3) is 0.455. The van der Waals surface area contributed by atoms with Gasteiger partial charge in [0, 0.05) is 44.3 Å². The second-order valence-electron chi connectivity index (χ2n) is 8.60. The summed E-state index contributed by atoms with van der Waals surface area (Å²) in [4.78, 5) is 34.7. The van der Waals surface area contributed by atoms with Gasteiger partial charge < -0.3 is 15.3 Å². The lowest BCUT2D eigenvalue weighted by molar-refractivity contribution is -0.192. The fourth-order valence-corrected chi connectivity index (χ4v) is 3.88. The molecule has 2 N–H and O–H groups in total. The Balaban J connectivity index is 0.000000384. The van der Waals surface area contributed by atoms with Crippen LogP contribution in [-0.2, 0) is 4.79 Å². The fourth-order valence-electron chi connectivity index (χ4n) is 3.88. The van der Waals surface area contributed by atoms with Gasteiger partial charge in [-0.25, -0.2) is 14.8 Å². The highest BCUT2D eigenvalue weighted by molar-refractivity contribution is 5.94. The van der Waals surface area contributed by atoms with Crippen LogP contribution >= 0.6 is 0 Å². The van der Waals surface area contributed by atoms with Crippen molar-refractivity contribution < 1.29 is 27.9 Å². The van der Waals surface area contributed by atoms with Crippen LogP contribution in [0.25, 0.3) is 5.65 Å². The van der Waals surface area contributed by atoms with Gasteiger partial charge in [0.2, 0.25) is 5.95 Å². The lowest BCUT2D eigenvalue weighted by Gasteiger charge is -2.38. The van der Waals surface area contributed by atoms with Gasteiger partial charge >= 0.3 is 12.1 Å². The number of nitrogens with one attached hydrogen (secondary N) is 1. The molecule has 14 heteroatoms. The van der Waals surface area contributed by atoms with Gasteiger partial charge in [0.1, 0.15) is 0 Å². The number of piperazine rings is 1. The van der Waals surface area contributed by atoms with E-state index in [-0.39, 0.29) is 11.9 Å². The summed E-state index contributed by atoms with van der Waals surface area (Å²) in [6, 6.07) is 5.82. The molecule has 1 atom stereocenters. The summed E-state index contributed by atoms with van der Waals surface area (Å²) in [5.74, 6) is -1.25. The maximum atomic E-state index is 12.6. The van der Waals surface area contributed by atoms with Gasteiger partial charge in [-0.3, -0.25) is 14.1 Å². The third kappa shape index (κ3) is 5.70. The van der Waals surface area contributed by atoms with Gasteiger partial charge in [-0.2, -0.15) is 13.2 Å². The molecule has 3 aromatic rings. The second kappa shape index (κ2) is 10.4. The Morgan fingerprint density at radius 3 is 2.42 bits per heavy atom. The number of hydrogen-bond donors (Lipinski definition) is 2. The quantitative estimate of drug-likeness (QED) is 0.545. The van der Waals surface area contributed by atoms with Crippen molar-refractivity contribution in [1.82, 2.24) is 34.8 Å². The highest BCUT2D eigenvalue weighted by Crippen LogP contribution is 2.25. The molecule has 2 fully saturated rings. The number of nitrogens with zero attached hydrogens (tertiary/aromatic N) is 7. The Morgan fingerprint density at radius 2 is 1.81 bits per heavy atom. The maximum absolute atomic E-state index is 12.6. The van der Waals surface area contributed by atoms with Crippen molar-refractivity contribution >= 4 is 23.5 Å². The predicted molar refractivity (Wildman–Crippen MR) is 121 cm³/mol. The molecule has 1 amide bonds. The number of hydrogen-bond acceptors (Lipinski definition) is 8. The normalized spacial score (nSPS) is 18.8. The molecule has 1 unspecified atom stereocenters. The first-order valence-electron chi connectivity index (χ1n) is 11.3. The first kappa shape index (κ1) is 25.3. The first-order valence-corrected chi connectivity index (χ1v) is 11.3. The molecule has 4 heterocycles. The molecule has 192 valence electrons. The summed E-state index contributed by atoms with van der Waals surface area (Å²) in [5, 5.41) is 19.0. The molecule has 11 nitrogen and oxygen atoms in total. The molecule has 36 heavy (non-hydrogen) atoms. The molecule has 1 aliphatic carbocycles. The largest absolute Gasteiger partial charge is 0.490 e. The van der Waals surface area contributed by atoms with E-state index in [1.54, 1.807) is 12.4 Å². The smallest absolute Gasteiger partial charge is 0.475 e. The number of rotatable bonds is 4. The summed E-state index contributed by atoms with van der Waals surface area (Å²) in [6.45, 7) is 2.42. The molecule has 0 aromatic carbocycles. The minimum atomic E-state index is -5.08. The standard InChI is InChI=1S/C20H24N8O.C2HF3O2/c1-26-10-11-27(20-21-8-3-9-22-20)13-16(26)18-25-24-17-7-6-14(12-28(17)18)19(29)23-15-4-2-5-15;3-2(4,5)1(6)7/h3,6-9,12,15-16H,2,4-5,10-11,13H2,1H3,(H,23,29);(H,6,7). The van der Waals surface area contributed by atoms with Crippen molar-refractivity contribution in [2.75, 3.05) is 31.6 Å². The van der Waals surface area contributed by atoms with Crippen LogP contribution in [0.1, 0.15) is 41.5 Å². The van der Waals surface area contributed by atoms with Gasteiger partial charge in [0.05, 0.1) is 11.6 Å². The van der Waals surface area contributed by atoms with E-state index in [1.807, 2.05) is 28.8 Å². The van der Waals surface area contributed by atoms with Crippen LogP contribution < -0.4 is 10.2 Å². The number of alkyl halides is 3. The molecule has 1 saturated carbocycles. The number of carbonyl (C=O) groups excluding carboxylic acids is 1. The predicted octanol–water partition coefficient (Wildman–Crippen LogP) is 1.93. The van der Waals surface area contributed by atoms with Crippen LogP contribution in [0.15, 0.2) is 36.8 Å². The number of aliphatic carboxylic acids is 1. The van der Waals surface area contributed by atoms with Crippen molar-refractivity contribution in [1.29, 1.82) is 0 Å². The number of anilines is 1. The molecule has 5 rings (SSSR count). The zero-order chi connectivity index (χ0) is 25.9. The van der Waals surface area contributed by atoms with E-state index in [0.29, 0.717) is 18.2 Å². The van der Waals surface area contributed by atoms with Crippen LogP contribution in [0.5, 0.6) is 0 Å². The number of aromatic nitrogens is 5. The first-order chi connectivity index (χ1) is 17.1. The monoisotopic (exact) mass is 506 g/mol. The van der Waals surface area contributed by atoms with E-state index in [4.69, 9.17) is 9.90 Å². The number of pyridine rings is 1. The van der Waals surface area contributed by atoms with E-state index < -0.39 is 12.1 Å². The lowest BCUT2D eigenvalue weighted by Crippen LogP contribution is -2.48. The van der Waals surface area contributed by atoms with Gasteiger partial charge in [-0.15, -0.1) is 10.2 Å². The summed E-state index contributed by atoms with van der Waals surface area (Å²) < 4.78 is 33.7. The third-order valence-corrected chi connectivity index (χ3v) is 6.15. The molecular formula is C22H25F3N8O3. The molecule has 3 aromatic heterocycles. The highest BCUT2D eigenvalue weighted by Gasteiger charge is 2.38. The van der Waals surface area contributed by atoms with Crippen molar-refractivity contribution in [2.45, 2.75) is 37.5 Å². The summed E-state index contributed by atoms with van der Waals surface area (Å²) in [5.41, 5.74) is 1.37. The zero-order valence-corrected chi connectivity index (χ0v) is 19.4. The zero-order valence-electron chi connectivity index (χ0n) is 19.4. The SMILES string of the molecule is CN1CCN(c2ncccn2)CC1c1nnc2ccc(C(=O)NC3CCC3)cn12.O=C(O)C(F)(F)F. The molecule has 0 bridgehead atoms. The number of amides is 1. The number of carboxylic acids is 1. The highest BCUT2D eigenvalue weighted by atomic mass is 19.4. The van der Waals surface area contributed by atoms with Crippen LogP contribution in [0, 0.1) is 0 Å². The van der Waals surface area contributed by atoms with Gasteiger partial charge in [0.15, 0.2) is 11.5 Å². The Bertz CT molecular complexity index is 1220. The van der Waals surface area contributed by atoms with Crippen LogP contribution in [0.2, 0.25) is 0 Å². The topological polar surface area (TPSA) is 129 Å². The second-order valence-corrected chi connectivity index (χ2v) is 8.60. The molecule has 2 aliphatic rings. The number of fused-ring (bicyclic) bond motifs is 1. The van der Waals surface area contributed by atoms with E-state index >= 15 is 0 Å². The Kier molecular flexibility index (Phi) is 7.33. The van der Waals surface area contributed by atoms with Gasteiger partial charge in [0.25, 0.3) is 5.91 Å². The Labute approximate surface area is 204 Å². The van der Waals surface area contributed by atoms with Crippen molar-refractivity contribution in [3.63, 3.8) is 0 Å². The molecule has 1 aliphatic heterocycles. The maximum Gasteiger partial charge on any atom is 0.490 e. The number of carbonyl (C=O) groups is 2. The summed E-state index contributed by atoms with van der Waals surface area (Å²) >= 11 is 0. The Morgan fingerprint density at radius 1 is 1.11 bits per heavy atom. The molecule has 1 saturated heterocycles. The summed E-state index contributed by atoms with van der Waals surface area (Å²) in [7, 11) is 2.09. The van der Waals surface area contributed by atoms with Crippen LogP contribution in [0.3, 0.4) is 0 Å².